The van der Waals surface area contributed by atoms with Gasteiger partial charge in [0.15, 0.2) is 0 Å². The quantitative estimate of drug-likeness (QED) is 0.379. The van der Waals surface area contributed by atoms with Crippen LogP contribution in [0.1, 0.15) is 24.8 Å². The van der Waals surface area contributed by atoms with E-state index in [9.17, 15) is 18.0 Å². The largest absolute Gasteiger partial charge is 0.468 e. The van der Waals surface area contributed by atoms with E-state index < -0.39 is 28.1 Å². The standard InChI is InChI=1S/C19H26N2O6S/c1-26-18(22)17(21-13-7-8-14-28(21,24)25)11-5-6-12-20-19(23)27-15-16-9-3-2-4-10-16/h2-4,7-10,17H,5-6,11-15H2,1H3,(H,20,23)/t17-/m0/s1. The molecule has 1 heterocycles. The second-order valence-corrected chi connectivity index (χ2v) is 8.31. The highest BCUT2D eigenvalue weighted by molar-refractivity contribution is 7.89. The van der Waals surface area contributed by atoms with E-state index in [1.165, 1.54) is 11.4 Å². The van der Waals surface area contributed by atoms with Gasteiger partial charge in [0, 0.05) is 13.1 Å². The number of esters is 1. The summed E-state index contributed by atoms with van der Waals surface area (Å²) in [5.74, 6) is -0.691. The van der Waals surface area contributed by atoms with Crippen molar-refractivity contribution in [3.8, 4) is 0 Å². The number of rotatable bonds is 9. The number of amides is 1. The number of nitrogens with one attached hydrogen (secondary N) is 1. The number of hydrogen-bond acceptors (Lipinski definition) is 6. The molecule has 2 rings (SSSR count). The molecule has 0 unspecified atom stereocenters. The molecule has 1 aliphatic heterocycles. The lowest BCUT2D eigenvalue weighted by Gasteiger charge is -2.29. The summed E-state index contributed by atoms with van der Waals surface area (Å²) in [5, 5.41) is 2.65. The van der Waals surface area contributed by atoms with Crippen molar-refractivity contribution < 1.29 is 27.5 Å². The summed E-state index contributed by atoms with van der Waals surface area (Å²) in [5.41, 5.74) is 0.898. The van der Waals surface area contributed by atoms with Crippen LogP contribution in [-0.4, -0.2) is 56.8 Å². The van der Waals surface area contributed by atoms with Crippen molar-refractivity contribution in [2.24, 2.45) is 0 Å². The van der Waals surface area contributed by atoms with E-state index in [4.69, 9.17) is 9.47 Å². The molecule has 1 amide bonds. The van der Waals surface area contributed by atoms with Crippen molar-refractivity contribution >= 4 is 22.1 Å². The molecular weight excluding hydrogens is 384 g/mol. The van der Waals surface area contributed by atoms with Crippen LogP contribution < -0.4 is 5.32 Å². The summed E-state index contributed by atoms with van der Waals surface area (Å²) in [6, 6.07) is 8.49. The summed E-state index contributed by atoms with van der Waals surface area (Å²) in [6.07, 6.45) is 4.23. The van der Waals surface area contributed by atoms with Crippen molar-refractivity contribution in [2.75, 3.05) is 26.0 Å². The second-order valence-electron chi connectivity index (χ2n) is 6.34. The fourth-order valence-corrected chi connectivity index (χ4v) is 4.30. The molecule has 0 saturated carbocycles. The zero-order valence-corrected chi connectivity index (χ0v) is 16.7. The third kappa shape index (κ3) is 6.65. The molecule has 1 aliphatic rings. The molecule has 0 aliphatic carbocycles. The minimum Gasteiger partial charge on any atom is -0.468 e. The van der Waals surface area contributed by atoms with Crippen LogP contribution in [0, 0.1) is 0 Å². The Morgan fingerprint density at radius 2 is 1.93 bits per heavy atom. The highest BCUT2D eigenvalue weighted by Crippen LogP contribution is 2.18. The molecule has 154 valence electrons. The number of hydrogen-bond donors (Lipinski definition) is 1. The van der Waals surface area contributed by atoms with Gasteiger partial charge < -0.3 is 14.8 Å². The van der Waals surface area contributed by atoms with Gasteiger partial charge in [0.25, 0.3) is 0 Å². The maximum atomic E-state index is 12.2. The van der Waals surface area contributed by atoms with E-state index in [2.05, 4.69) is 5.32 Å². The van der Waals surface area contributed by atoms with Gasteiger partial charge in [0.2, 0.25) is 10.0 Å². The van der Waals surface area contributed by atoms with Crippen LogP contribution in [0.5, 0.6) is 0 Å². The summed E-state index contributed by atoms with van der Waals surface area (Å²) < 4.78 is 35.5. The lowest BCUT2D eigenvalue weighted by molar-refractivity contribution is -0.145. The Kier molecular flexibility index (Phi) is 8.46. The van der Waals surface area contributed by atoms with Crippen LogP contribution in [0.4, 0.5) is 4.79 Å². The molecule has 9 heteroatoms. The van der Waals surface area contributed by atoms with E-state index in [1.807, 2.05) is 30.3 Å². The van der Waals surface area contributed by atoms with Crippen molar-refractivity contribution in [1.82, 2.24) is 9.62 Å². The van der Waals surface area contributed by atoms with Gasteiger partial charge in [-0.05, 0) is 24.8 Å². The van der Waals surface area contributed by atoms with Gasteiger partial charge >= 0.3 is 12.1 Å². The van der Waals surface area contributed by atoms with Crippen LogP contribution >= 0.6 is 0 Å². The van der Waals surface area contributed by atoms with Crippen molar-refractivity contribution in [1.29, 1.82) is 0 Å². The number of alkyl carbamates (subject to hydrolysis) is 1. The summed E-state index contributed by atoms with van der Waals surface area (Å²) in [7, 11) is -2.27. The Bertz CT molecular complexity index is 779. The minimum atomic E-state index is -3.51. The lowest BCUT2D eigenvalue weighted by Crippen LogP contribution is -2.47. The minimum absolute atomic E-state index is 0.116. The smallest absolute Gasteiger partial charge is 0.407 e. The first-order chi connectivity index (χ1) is 13.4. The van der Waals surface area contributed by atoms with Gasteiger partial charge in [-0.2, -0.15) is 4.31 Å². The third-order valence-corrected chi connectivity index (χ3v) is 6.06. The van der Waals surface area contributed by atoms with Gasteiger partial charge in [-0.25, -0.2) is 13.2 Å². The van der Waals surface area contributed by atoms with Gasteiger partial charge in [-0.1, -0.05) is 42.5 Å². The number of sulfonamides is 1. The predicted octanol–water partition coefficient (Wildman–Crippen LogP) is 1.83. The number of benzene rings is 1. The normalized spacial score (nSPS) is 16.9. The van der Waals surface area contributed by atoms with Gasteiger partial charge in [-0.3, -0.25) is 4.79 Å². The topological polar surface area (TPSA) is 102 Å². The summed E-state index contributed by atoms with van der Waals surface area (Å²) >= 11 is 0. The van der Waals surface area contributed by atoms with Crippen LogP contribution in [0.3, 0.4) is 0 Å². The number of methoxy groups -OCH3 is 1. The van der Waals surface area contributed by atoms with Gasteiger partial charge in [0.05, 0.1) is 12.9 Å². The van der Waals surface area contributed by atoms with E-state index in [1.54, 1.807) is 12.2 Å². The van der Waals surface area contributed by atoms with Crippen LogP contribution in [0.2, 0.25) is 0 Å². The third-order valence-electron chi connectivity index (χ3n) is 4.32. The average molecular weight is 410 g/mol. The first-order valence-corrected chi connectivity index (χ1v) is 10.7. The molecule has 0 spiro atoms. The number of unbranched alkanes of at least 4 members (excludes halogenated alkanes) is 1. The fraction of sp³-hybridized carbons (Fsp3) is 0.474. The molecule has 1 aromatic rings. The van der Waals surface area contributed by atoms with Crippen molar-refractivity contribution in [3.63, 3.8) is 0 Å². The first kappa shape index (κ1) is 21.9. The van der Waals surface area contributed by atoms with E-state index >= 15 is 0 Å². The van der Waals surface area contributed by atoms with E-state index in [0.29, 0.717) is 25.8 Å². The maximum absolute atomic E-state index is 12.2. The second kappa shape index (κ2) is 10.8. The Morgan fingerprint density at radius 1 is 1.18 bits per heavy atom. The number of carbonyl (C=O) groups is 2. The first-order valence-electron chi connectivity index (χ1n) is 9.11. The number of ether oxygens (including phenoxy) is 2. The SMILES string of the molecule is COC(=O)[C@H](CCCCNC(=O)OCc1ccccc1)N1CC=CCS1(=O)=O. The molecule has 8 nitrogen and oxygen atoms in total. The molecule has 0 aromatic heterocycles. The molecule has 1 N–H and O–H groups in total. The summed E-state index contributed by atoms with van der Waals surface area (Å²) in [4.78, 5) is 23.7. The lowest BCUT2D eigenvalue weighted by atomic mass is 10.1. The molecule has 0 fully saturated rings. The average Bonchev–Trinajstić information content (AvgIpc) is 2.69. The van der Waals surface area contributed by atoms with Crippen LogP contribution in [-0.2, 0) is 30.9 Å². The highest BCUT2D eigenvalue weighted by atomic mass is 32.2. The highest BCUT2D eigenvalue weighted by Gasteiger charge is 2.35. The van der Waals surface area contributed by atoms with Gasteiger partial charge in [0.1, 0.15) is 12.6 Å². The van der Waals surface area contributed by atoms with Crippen LogP contribution in [0.25, 0.3) is 0 Å². The Morgan fingerprint density at radius 3 is 2.61 bits per heavy atom. The molecule has 0 radical (unpaired) electrons. The number of nitrogens with zero attached hydrogens (tertiary/aromatic N) is 1. The Hall–Kier alpha value is -2.39. The molecule has 1 aromatic carbocycles. The number of carbonyl (C=O) groups excluding carboxylic acids is 2. The zero-order chi connectivity index (χ0) is 20.4. The van der Waals surface area contributed by atoms with E-state index in [-0.39, 0.29) is 18.9 Å². The molecule has 28 heavy (non-hydrogen) atoms. The maximum Gasteiger partial charge on any atom is 0.407 e. The fourth-order valence-electron chi connectivity index (χ4n) is 2.84. The van der Waals surface area contributed by atoms with Crippen LogP contribution in [0.15, 0.2) is 42.5 Å². The molecule has 0 bridgehead atoms. The molecular formula is C19H26N2O6S. The Labute approximate surface area is 165 Å². The van der Waals surface area contributed by atoms with Gasteiger partial charge in [-0.15, -0.1) is 0 Å². The molecule has 1 atom stereocenters. The summed E-state index contributed by atoms with van der Waals surface area (Å²) in [6.45, 7) is 0.720. The predicted molar refractivity (Wildman–Crippen MR) is 104 cm³/mol. The zero-order valence-electron chi connectivity index (χ0n) is 15.9. The molecule has 0 saturated heterocycles. The van der Waals surface area contributed by atoms with Crippen molar-refractivity contribution in [2.45, 2.75) is 31.9 Å². The van der Waals surface area contributed by atoms with Crippen molar-refractivity contribution in [3.05, 3.63) is 48.0 Å². The van der Waals surface area contributed by atoms with E-state index in [0.717, 1.165) is 5.56 Å². The Balaban J connectivity index is 1.73. The monoisotopic (exact) mass is 410 g/mol.